The topological polar surface area (TPSA) is 58.2 Å². The number of rotatable bonds is 6. The number of halogens is 1. The normalized spacial score (nSPS) is 15.6. The summed E-state index contributed by atoms with van der Waals surface area (Å²) in [5, 5.41) is 5.90. The van der Waals surface area contributed by atoms with Crippen molar-refractivity contribution in [1.82, 2.24) is 5.32 Å². The van der Waals surface area contributed by atoms with Crippen molar-refractivity contribution < 1.29 is 14.0 Å². The van der Waals surface area contributed by atoms with E-state index < -0.39 is 5.41 Å². The summed E-state index contributed by atoms with van der Waals surface area (Å²) in [6, 6.07) is 13.8. The molecule has 0 saturated heterocycles. The highest BCUT2D eigenvalue weighted by molar-refractivity contribution is 5.91. The smallest absolute Gasteiger partial charge is 0.230 e. The number of anilines is 1. The maximum absolute atomic E-state index is 13.2. The van der Waals surface area contributed by atoms with Crippen LogP contribution in [0, 0.1) is 5.82 Å². The highest BCUT2D eigenvalue weighted by atomic mass is 19.1. The average Bonchev–Trinajstić information content (AvgIpc) is 2.74. The van der Waals surface area contributed by atoms with Gasteiger partial charge in [-0.15, -0.1) is 0 Å². The molecule has 1 saturated carbocycles. The van der Waals surface area contributed by atoms with Crippen molar-refractivity contribution in [2.24, 2.45) is 0 Å². The van der Waals surface area contributed by atoms with Crippen LogP contribution in [0.25, 0.3) is 0 Å². The van der Waals surface area contributed by atoms with E-state index >= 15 is 0 Å². The molecular formula is C23H27FN2O2. The summed E-state index contributed by atoms with van der Waals surface area (Å²) in [6.45, 7) is 2.19. The monoisotopic (exact) mass is 382 g/mol. The fourth-order valence-corrected chi connectivity index (χ4v) is 3.88. The van der Waals surface area contributed by atoms with E-state index in [2.05, 4.69) is 10.6 Å². The molecule has 0 spiro atoms. The van der Waals surface area contributed by atoms with Gasteiger partial charge in [0, 0.05) is 18.7 Å². The molecule has 4 nitrogen and oxygen atoms in total. The van der Waals surface area contributed by atoms with Crippen LogP contribution in [0.4, 0.5) is 10.1 Å². The van der Waals surface area contributed by atoms with Crippen LogP contribution in [-0.2, 0) is 21.5 Å². The van der Waals surface area contributed by atoms with Crippen molar-refractivity contribution in [2.45, 2.75) is 57.4 Å². The van der Waals surface area contributed by atoms with Gasteiger partial charge in [0.1, 0.15) is 5.82 Å². The van der Waals surface area contributed by atoms with E-state index in [1.54, 1.807) is 12.1 Å². The van der Waals surface area contributed by atoms with Gasteiger partial charge in [0.2, 0.25) is 11.8 Å². The van der Waals surface area contributed by atoms with Gasteiger partial charge in [-0.1, -0.05) is 50.5 Å². The third-order valence-electron chi connectivity index (χ3n) is 5.55. The molecule has 0 radical (unpaired) electrons. The second kappa shape index (κ2) is 9.00. The highest BCUT2D eigenvalue weighted by Gasteiger charge is 2.40. The Bertz CT molecular complexity index is 810. The van der Waals surface area contributed by atoms with Gasteiger partial charge in [-0.05, 0) is 48.2 Å². The van der Waals surface area contributed by atoms with Gasteiger partial charge < -0.3 is 10.6 Å². The average molecular weight is 382 g/mol. The third kappa shape index (κ3) is 4.58. The van der Waals surface area contributed by atoms with E-state index in [9.17, 15) is 14.0 Å². The van der Waals surface area contributed by atoms with E-state index in [1.807, 2.05) is 31.2 Å². The molecular weight excluding hydrogens is 355 g/mol. The summed E-state index contributed by atoms with van der Waals surface area (Å²) in [6.07, 6.45) is 5.21. The van der Waals surface area contributed by atoms with Crippen LogP contribution in [0.15, 0.2) is 48.5 Å². The zero-order valence-corrected chi connectivity index (χ0v) is 16.3. The fraction of sp³-hybridized carbons (Fsp3) is 0.391. The molecule has 0 aromatic heterocycles. The summed E-state index contributed by atoms with van der Waals surface area (Å²) in [7, 11) is 0. The summed E-state index contributed by atoms with van der Waals surface area (Å²) in [5.41, 5.74) is 2.05. The van der Waals surface area contributed by atoms with Gasteiger partial charge in [-0.3, -0.25) is 9.59 Å². The van der Waals surface area contributed by atoms with Crippen LogP contribution in [-0.4, -0.2) is 11.8 Å². The first-order valence-electron chi connectivity index (χ1n) is 9.96. The minimum atomic E-state index is -0.550. The maximum atomic E-state index is 13.2. The van der Waals surface area contributed by atoms with Gasteiger partial charge in [0.15, 0.2) is 0 Å². The number of hydrogen-bond donors (Lipinski definition) is 2. The van der Waals surface area contributed by atoms with Crippen LogP contribution < -0.4 is 10.6 Å². The van der Waals surface area contributed by atoms with Gasteiger partial charge >= 0.3 is 0 Å². The molecule has 0 unspecified atom stereocenters. The molecule has 0 heterocycles. The van der Waals surface area contributed by atoms with E-state index in [1.165, 1.54) is 12.1 Å². The van der Waals surface area contributed by atoms with E-state index in [4.69, 9.17) is 0 Å². The molecule has 1 fully saturated rings. The fourth-order valence-electron chi connectivity index (χ4n) is 3.88. The van der Waals surface area contributed by atoms with Crippen molar-refractivity contribution in [3.05, 3.63) is 65.5 Å². The Kier molecular flexibility index (Phi) is 6.45. The van der Waals surface area contributed by atoms with Crippen LogP contribution >= 0.6 is 0 Å². The molecule has 1 aliphatic carbocycles. The maximum Gasteiger partial charge on any atom is 0.230 e. The Hall–Kier alpha value is -2.69. The zero-order valence-electron chi connectivity index (χ0n) is 16.3. The van der Waals surface area contributed by atoms with Crippen molar-refractivity contribution in [3.63, 3.8) is 0 Å². The van der Waals surface area contributed by atoms with Crippen molar-refractivity contribution in [3.8, 4) is 0 Å². The molecule has 2 amide bonds. The summed E-state index contributed by atoms with van der Waals surface area (Å²) >= 11 is 0. The molecule has 148 valence electrons. The molecule has 5 heteroatoms. The van der Waals surface area contributed by atoms with Crippen molar-refractivity contribution in [1.29, 1.82) is 0 Å². The molecule has 2 N–H and O–H groups in total. The van der Waals surface area contributed by atoms with Gasteiger partial charge in [-0.2, -0.15) is 0 Å². The zero-order chi connectivity index (χ0) is 20.0. The molecule has 0 aliphatic heterocycles. The molecule has 3 rings (SSSR count). The summed E-state index contributed by atoms with van der Waals surface area (Å²) in [4.78, 5) is 24.8. The van der Waals surface area contributed by atoms with E-state index in [0.29, 0.717) is 13.0 Å². The Morgan fingerprint density at radius 2 is 1.61 bits per heavy atom. The van der Waals surface area contributed by atoms with Gasteiger partial charge in [0.25, 0.3) is 0 Å². The summed E-state index contributed by atoms with van der Waals surface area (Å²) in [5.74, 6) is -0.298. The number of amides is 2. The van der Waals surface area contributed by atoms with E-state index in [0.717, 1.165) is 48.9 Å². The lowest BCUT2D eigenvalue weighted by Gasteiger charge is -2.36. The Morgan fingerprint density at radius 1 is 0.964 bits per heavy atom. The number of hydrogen-bond acceptors (Lipinski definition) is 2. The second-order valence-corrected chi connectivity index (χ2v) is 7.43. The quantitative estimate of drug-likeness (QED) is 0.761. The first-order chi connectivity index (χ1) is 13.5. The SMILES string of the molecule is CCC(=O)Nc1ccc(C2(C(=O)NCc3ccc(F)cc3)CCCCC2)cc1. The standard InChI is InChI=1S/C23H27FN2O2/c1-2-21(27)26-20-12-8-18(9-13-20)23(14-4-3-5-15-23)22(28)25-16-17-6-10-19(24)11-7-17/h6-13H,2-5,14-16H2,1H3,(H,25,28)(H,26,27). The minimum absolute atomic E-state index is 0.0156. The Labute approximate surface area is 165 Å². The third-order valence-corrected chi connectivity index (χ3v) is 5.55. The molecule has 0 atom stereocenters. The number of carbonyl (C=O) groups is 2. The van der Waals surface area contributed by atoms with Crippen molar-refractivity contribution in [2.75, 3.05) is 5.32 Å². The first kappa shape index (κ1) is 20.1. The highest BCUT2D eigenvalue weighted by Crippen LogP contribution is 2.40. The predicted molar refractivity (Wildman–Crippen MR) is 108 cm³/mol. The van der Waals surface area contributed by atoms with Gasteiger partial charge in [-0.25, -0.2) is 4.39 Å². The summed E-state index contributed by atoms with van der Waals surface area (Å²) < 4.78 is 13.1. The number of nitrogens with one attached hydrogen (secondary N) is 2. The first-order valence-corrected chi connectivity index (χ1v) is 9.96. The molecule has 2 aromatic rings. The minimum Gasteiger partial charge on any atom is -0.351 e. The largest absolute Gasteiger partial charge is 0.351 e. The Morgan fingerprint density at radius 3 is 2.21 bits per heavy atom. The van der Waals surface area contributed by atoms with E-state index in [-0.39, 0.29) is 17.6 Å². The molecule has 0 bridgehead atoms. The lowest BCUT2D eigenvalue weighted by Crippen LogP contribution is -2.45. The number of benzene rings is 2. The lowest BCUT2D eigenvalue weighted by atomic mass is 9.68. The Balaban J connectivity index is 1.76. The van der Waals surface area contributed by atoms with Crippen LogP contribution in [0.1, 0.15) is 56.6 Å². The molecule has 1 aliphatic rings. The van der Waals surface area contributed by atoms with Crippen LogP contribution in [0.5, 0.6) is 0 Å². The van der Waals surface area contributed by atoms with Crippen molar-refractivity contribution >= 4 is 17.5 Å². The van der Waals surface area contributed by atoms with Crippen LogP contribution in [0.2, 0.25) is 0 Å². The van der Waals surface area contributed by atoms with Crippen LogP contribution in [0.3, 0.4) is 0 Å². The predicted octanol–water partition coefficient (Wildman–Crippen LogP) is 4.69. The molecule has 2 aromatic carbocycles. The molecule has 28 heavy (non-hydrogen) atoms. The van der Waals surface area contributed by atoms with Gasteiger partial charge in [0.05, 0.1) is 5.41 Å². The lowest BCUT2D eigenvalue weighted by molar-refractivity contribution is -0.128. The second-order valence-electron chi connectivity index (χ2n) is 7.43. The number of carbonyl (C=O) groups excluding carboxylic acids is 2.